The van der Waals surface area contributed by atoms with E-state index in [9.17, 15) is 8.42 Å². The molecule has 0 amide bonds. The van der Waals surface area contributed by atoms with E-state index in [0.29, 0.717) is 12.6 Å². The molecule has 0 aromatic heterocycles. The molecule has 0 aliphatic rings. The summed E-state index contributed by atoms with van der Waals surface area (Å²) in [5.41, 5.74) is 6.27. The second-order valence-corrected chi connectivity index (χ2v) is 7.44. The van der Waals surface area contributed by atoms with Crippen LogP contribution in [0.2, 0.25) is 5.02 Å². The highest BCUT2D eigenvalue weighted by Crippen LogP contribution is 2.22. The van der Waals surface area contributed by atoms with Crippen LogP contribution in [0.25, 0.3) is 0 Å². The zero-order valence-corrected chi connectivity index (χ0v) is 14.3. The van der Waals surface area contributed by atoms with Gasteiger partial charge in [0.05, 0.1) is 5.02 Å². The Kier molecular flexibility index (Phi) is 7.09. The van der Waals surface area contributed by atoms with E-state index in [1.165, 1.54) is 6.07 Å². The number of benzene rings is 1. The highest BCUT2D eigenvalue weighted by Gasteiger charge is 2.17. The van der Waals surface area contributed by atoms with E-state index in [2.05, 4.69) is 23.5 Å². The second kappa shape index (κ2) is 8.10. The Morgan fingerprint density at radius 3 is 2.62 bits per heavy atom. The predicted octanol–water partition coefficient (Wildman–Crippen LogP) is 1.81. The topological polar surface area (TPSA) is 75.4 Å². The molecule has 0 aliphatic heterocycles. The molecule has 5 nitrogen and oxygen atoms in total. The molecular formula is C14H24ClN3O2S. The fraction of sp³-hybridized carbons (Fsp3) is 0.571. The lowest BCUT2D eigenvalue weighted by molar-refractivity contribution is 0.271. The number of nitrogens with two attached hydrogens (primary N) is 1. The number of sulfonamides is 1. The SMILES string of the molecule is CC(C)N(C)CCCNS(=O)(=O)c1cc(CN)ccc1Cl. The van der Waals surface area contributed by atoms with Gasteiger partial charge in [-0.15, -0.1) is 0 Å². The van der Waals surface area contributed by atoms with Crippen molar-refractivity contribution in [3.63, 3.8) is 0 Å². The van der Waals surface area contributed by atoms with Gasteiger partial charge < -0.3 is 10.6 Å². The third-order valence-corrected chi connectivity index (χ3v) is 5.32. The monoisotopic (exact) mass is 333 g/mol. The Bertz CT molecular complexity index is 561. The van der Waals surface area contributed by atoms with Crippen molar-refractivity contribution < 1.29 is 8.42 Å². The van der Waals surface area contributed by atoms with Gasteiger partial charge in [-0.25, -0.2) is 13.1 Å². The summed E-state index contributed by atoms with van der Waals surface area (Å²) in [4.78, 5) is 2.25. The highest BCUT2D eigenvalue weighted by atomic mass is 35.5. The van der Waals surface area contributed by atoms with E-state index in [4.69, 9.17) is 17.3 Å². The molecule has 1 rings (SSSR count). The van der Waals surface area contributed by atoms with Gasteiger partial charge >= 0.3 is 0 Å². The Balaban J connectivity index is 2.66. The molecule has 21 heavy (non-hydrogen) atoms. The molecule has 7 heteroatoms. The van der Waals surface area contributed by atoms with Crippen molar-refractivity contribution in [2.24, 2.45) is 5.73 Å². The molecule has 0 heterocycles. The Morgan fingerprint density at radius 2 is 2.05 bits per heavy atom. The van der Waals surface area contributed by atoms with Crippen molar-refractivity contribution in [3.05, 3.63) is 28.8 Å². The average Bonchev–Trinajstić information content (AvgIpc) is 2.43. The summed E-state index contributed by atoms with van der Waals surface area (Å²) < 4.78 is 27.1. The summed E-state index contributed by atoms with van der Waals surface area (Å²) in [7, 11) is -1.58. The van der Waals surface area contributed by atoms with Gasteiger partial charge in [-0.2, -0.15) is 0 Å². The molecule has 0 saturated carbocycles. The van der Waals surface area contributed by atoms with Gasteiger partial charge in [-0.05, 0) is 51.6 Å². The van der Waals surface area contributed by atoms with Crippen molar-refractivity contribution in [2.75, 3.05) is 20.1 Å². The summed E-state index contributed by atoms with van der Waals surface area (Å²) >= 11 is 5.97. The predicted molar refractivity (Wildman–Crippen MR) is 86.9 cm³/mol. The van der Waals surface area contributed by atoms with Crippen molar-refractivity contribution in [1.82, 2.24) is 9.62 Å². The quantitative estimate of drug-likeness (QED) is 0.711. The summed E-state index contributed by atoms with van der Waals surface area (Å²) in [6, 6.07) is 5.24. The smallest absolute Gasteiger partial charge is 0.242 e. The molecule has 3 N–H and O–H groups in total. The van der Waals surface area contributed by atoms with Crippen molar-refractivity contribution >= 4 is 21.6 Å². The van der Waals surface area contributed by atoms with Gasteiger partial charge in [0, 0.05) is 19.1 Å². The van der Waals surface area contributed by atoms with E-state index in [1.807, 2.05) is 7.05 Å². The number of rotatable bonds is 8. The third-order valence-electron chi connectivity index (χ3n) is 3.38. The minimum atomic E-state index is -3.60. The van der Waals surface area contributed by atoms with Crippen LogP contribution in [0.4, 0.5) is 0 Å². The third kappa shape index (κ3) is 5.56. The van der Waals surface area contributed by atoms with Crippen molar-refractivity contribution in [2.45, 2.75) is 37.8 Å². The molecule has 0 aliphatic carbocycles. The normalized spacial score (nSPS) is 12.3. The van der Waals surface area contributed by atoms with Crippen LogP contribution >= 0.6 is 11.6 Å². The molecular weight excluding hydrogens is 310 g/mol. The lowest BCUT2D eigenvalue weighted by atomic mass is 10.2. The van der Waals surface area contributed by atoms with Gasteiger partial charge in [0.1, 0.15) is 4.90 Å². The van der Waals surface area contributed by atoms with E-state index >= 15 is 0 Å². The summed E-state index contributed by atoms with van der Waals surface area (Å²) in [5.74, 6) is 0. The standard InChI is InChI=1S/C14H24ClN3O2S/c1-11(2)18(3)8-4-7-17-21(19,20)14-9-12(10-16)5-6-13(14)15/h5-6,9,11,17H,4,7-8,10,16H2,1-3H3. The van der Waals surface area contributed by atoms with Crippen LogP contribution in [0.5, 0.6) is 0 Å². The molecule has 0 fully saturated rings. The lowest BCUT2D eigenvalue weighted by Crippen LogP contribution is -2.31. The first-order valence-corrected chi connectivity index (χ1v) is 8.82. The van der Waals surface area contributed by atoms with Gasteiger partial charge in [0.2, 0.25) is 10.0 Å². The fourth-order valence-electron chi connectivity index (χ4n) is 1.75. The first kappa shape index (κ1) is 18.4. The first-order chi connectivity index (χ1) is 9.77. The number of hydrogen-bond donors (Lipinski definition) is 2. The van der Waals surface area contributed by atoms with Crippen molar-refractivity contribution in [3.8, 4) is 0 Å². The van der Waals surface area contributed by atoms with Crippen LogP contribution in [0.15, 0.2) is 23.1 Å². The molecule has 1 aromatic carbocycles. The zero-order valence-electron chi connectivity index (χ0n) is 12.8. The molecule has 1 aromatic rings. The number of halogens is 1. The van der Waals surface area contributed by atoms with Crippen LogP contribution < -0.4 is 10.5 Å². The summed E-state index contributed by atoms with van der Waals surface area (Å²) in [5, 5.41) is 0.207. The molecule has 0 radical (unpaired) electrons. The van der Waals surface area contributed by atoms with Gasteiger partial charge in [-0.1, -0.05) is 17.7 Å². The summed E-state index contributed by atoms with van der Waals surface area (Å²) in [6.45, 7) is 5.68. The average molecular weight is 334 g/mol. The van der Waals surface area contributed by atoms with Gasteiger partial charge in [0.15, 0.2) is 0 Å². The second-order valence-electron chi connectivity index (χ2n) is 5.29. The highest BCUT2D eigenvalue weighted by molar-refractivity contribution is 7.89. The largest absolute Gasteiger partial charge is 0.326 e. The molecule has 0 saturated heterocycles. The number of nitrogens with zero attached hydrogens (tertiary/aromatic N) is 1. The van der Waals surface area contributed by atoms with Crippen molar-refractivity contribution in [1.29, 1.82) is 0 Å². The lowest BCUT2D eigenvalue weighted by Gasteiger charge is -2.20. The number of nitrogens with one attached hydrogen (secondary N) is 1. The van der Waals surface area contributed by atoms with Crippen LogP contribution in [-0.2, 0) is 16.6 Å². The molecule has 0 spiro atoms. The minimum Gasteiger partial charge on any atom is -0.326 e. The van der Waals surface area contributed by atoms with E-state index in [1.54, 1.807) is 12.1 Å². The Morgan fingerprint density at radius 1 is 1.38 bits per heavy atom. The maximum atomic E-state index is 12.2. The van der Waals surface area contributed by atoms with Crippen LogP contribution in [0, 0.1) is 0 Å². The van der Waals surface area contributed by atoms with E-state index < -0.39 is 10.0 Å². The minimum absolute atomic E-state index is 0.0873. The van der Waals surface area contributed by atoms with E-state index in [0.717, 1.165) is 18.5 Å². The van der Waals surface area contributed by atoms with Crippen LogP contribution in [0.3, 0.4) is 0 Å². The maximum Gasteiger partial charge on any atom is 0.242 e. The van der Waals surface area contributed by atoms with Crippen LogP contribution in [0.1, 0.15) is 25.8 Å². The first-order valence-electron chi connectivity index (χ1n) is 6.96. The molecule has 0 unspecified atom stereocenters. The van der Waals surface area contributed by atoms with E-state index in [-0.39, 0.29) is 16.5 Å². The molecule has 120 valence electrons. The molecule has 0 atom stereocenters. The number of hydrogen-bond acceptors (Lipinski definition) is 4. The Labute approximate surface area is 132 Å². The maximum absolute atomic E-state index is 12.2. The Hall–Kier alpha value is -0.660. The van der Waals surface area contributed by atoms with Gasteiger partial charge in [0.25, 0.3) is 0 Å². The molecule has 0 bridgehead atoms. The van der Waals surface area contributed by atoms with Gasteiger partial charge in [-0.3, -0.25) is 0 Å². The zero-order chi connectivity index (χ0) is 16.0. The summed E-state index contributed by atoms with van der Waals surface area (Å²) in [6.07, 6.45) is 0.738. The fourth-order valence-corrected chi connectivity index (χ4v) is 3.37. The van der Waals surface area contributed by atoms with Crippen LogP contribution in [-0.4, -0.2) is 39.5 Å².